The van der Waals surface area contributed by atoms with E-state index in [1.165, 1.54) is 0 Å². The molecular formula is C14H19ClO3. The van der Waals surface area contributed by atoms with Crippen molar-refractivity contribution in [3.8, 4) is 5.75 Å². The van der Waals surface area contributed by atoms with Crippen molar-refractivity contribution in [1.82, 2.24) is 0 Å². The number of methoxy groups -OCH3 is 1. The van der Waals surface area contributed by atoms with Crippen molar-refractivity contribution in [3.05, 3.63) is 28.3 Å². The van der Waals surface area contributed by atoms with Crippen molar-refractivity contribution >= 4 is 11.6 Å². The molecule has 1 saturated heterocycles. The molecule has 0 radical (unpaired) electrons. The third kappa shape index (κ3) is 2.35. The molecule has 2 rings (SSSR count). The van der Waals surface area contributed by atoms with Crippen LogP contribution in [0.1, 0.15) is 30.9 Å². The quantitative estimate of drug-likeness (QED) is 0.836. The Bertz CT molecular complexity index is 425. The van der Waals surface area contributed by atoms with E-state index in [1.807, 2.05) is 19.1 Å². The molecule has 0 atom stereocenters. The second-order valence-corrected chi connectivity index (χ2v) is 4.91. The van der Waals surface area contributed by atoms with Gasteiger partial charge in [0.2, 0.25) is 0 Å². The molecule has 0 amide bonds. The molecule has 0 saturated carbocycles. The van der Waals surface area contributed by atoms with Crippen LogP contribution in [0, 0.1) is 6.92 Å². The van der Waals surface area contributed by atoms with Crippen LogP contribution in [0.3, 0.4) is 0 Å². The SMILES string of the molecule is CCCC1(c2cc(Cl)c(C)cc2OC)OCCO1. The highest BCUT2D eigenvalue weighted by atomic mass is 35.5. The number of hydrogen-bond acceptors (Lipinski definition) is 3. The number of benzene rings is 1. The summed E-state index contributed by atoms with van der Waals surface area (Å²) < 4.78 is 17.1. The summed E-state index contributed by atoms with van der Waals surface area (Å²) in [5.41, 5.74) is 1.88. The predicted molar refractivity (Wildman–Crippen MR) is 71.2 cm³/mol. The Morgan fingerprint density at radius 3 is 2.56 bits per heavy atom. The molecule has 0 unspecified atom stereocenters. The van der Waals surface area contributed by atoms with Crippen LogP contribution < -0.4 is 4.74 Å². The van der Waals surface area contributed by atoms with Gasteiger partial charge < -0.3 is 14.2 Å². The van der Waals surface area contributed by atoms with Gasteiger partial charge in [0.25, 0.3) is 0 Å². The lowest BCUT2D eigenvalue weighted by Gasteiger charge is -2.29. The Morgan fingerprint density at radius 2 is 2.00 bits per heavy atom. The maximum Gasteiger partial charge on any atom is 0.198 e. The third-order valence-corrected chi connectivity index (χ3v) is 3.63. The molecule has 1 fully saturated rings. The summed E-state index contributed by atoms with van der Waals surface area (Å²) in [6.45, 7) is 5.27. The predicted octanol–water partition coefficient (Wildman–Crippen LogP) is 3.66. The molecule has 4 heteroatoms. The minimum atomic E-state index is -0.697. The van der Waals surface area contributed by atoms with E-state index in [2.05, 4.69) is 6.92 Å². The number of halogens is 1. The molecule has 1 aliphatic heterocycles. The molecule has 1 aromatic carbocycles. The van der Waals surface area contributed by atoms with E-state index >= 15 is 0 Å². The van der Waals surface area contributed by atoms with Crippen LogP contribution in [0.15, 0.2) is 12.1 Å². The Morgan fingerprint density at radius 1 is 1.33 bits per heavy atom. The van der Waals surface area contributed by atoms with Gasteiger partial charge in [0.05, 0.1) is 25.9 Å². The van der Waals surface area contributed by atoms with Crippen molar-refractivity contribution in [2.75, 3.05) is 20.3 Å². The van der Waals surface area contributed by atoms with Gasteiger partial charge in [-0.2, -0.15) is 0 Å². The zero-order chi connectivity index (χ0) is 13.2. The summed E-state index contributed by atoms with van der Waals surface area (Å²) in [5, 5.41) is 0.709. The first-order chi connectivity index (χ1) is 8.63. The molecule has 18 heavy (non-hydrogen) atoms. The van der Waals surface area contributed by atoms with Crippen molar-refractivity contribution in [2.45, 2.75) is 32.5 Å². The first-order valence-electron chi connectivity index (χ1n) is 6.25. The molecule has 1 heterocycles. The summed E-state index contributed by atoms with van der Waals surface area (Å²) in [4.78, 5) is 0. The van der Waals surface area contributed by atoms with Crippen LogP contribution in [-0.2, 0) is 15.3 Å². The Hall–Kier alpha value is -0.770. The van der Waals surface area contributed by atoms with Gasteiger partial charge in [-0.3, -0.25) is 0 Å². The van der Waals surface area contributed by atoms with Crippen LogP contribution in [0.5, 0.6) is 5.75 Å². The van der Waals surface area contributed by atoms with Crippen LogP contribution in [0.4, 0.5) is 0 Å². The van der Waals surface area contributed by atoms with Gasteiger partial charge in [-0.1, -0.05) is 24.9 Å². The fourth-order valence-electron chi connectivity index (χ4n) is 2.34. The Kier molecular flexibility index (Phi) is 4.15. The standard InChI is InChI=1S/C14H19ClO3/c1-4-5-14(17-6-7-18-14)11-9-12(15)10(2)8-13(11)16-3/h8-9H,4-7H2,1-3H3. The molecule has 0 bridgehead atoms. The summed E-state index contributed by atoms with van der Waals surface area (Å²) in [6.07, 6.45) is 1.76. The molecule has 1 aromatic rings. The maximum absolute atomic E-state index is 6.22. The fourth-order valence-corrected chi connectivity index (χ4v) is 2.50. The lowest BCUT2D eigenvalue weighted by Crippen LogP contribution is -2.27. The zero-order valence-electron chi connectivity index (χ0n) is 11.1. The molecular weight excluding hydrogens is 252 g/mol. The second kappa shape index (κ2) is 5.47. The highest BCUT2D eigenvalue weighted by molar-refractivity contribution is 6.31. The first-order valence-corrected chi connectivity index (χ1v) is 6.63. The van der Waals surface area contributed by atoms with E-state index in [0.29, 0.717) is 18.2 Å². The highest BCUT2D eigenvalue weighted by Crippen LogP contribution is 2.42. The van der Waals surface area contributed by atoms with E-state index < -0.39 is 5.79 Å². The van der Waals surface area contributed by atoms with E-state index in [0.717, 1.165) is 29.7 Å². The van der Waals surface area contributed by atoms with Crippen molar-refractivity contribution in [3.63, 3.8) is 0 Å². The number of rotatable bonds is 4. The van der Waals surface area contributed by atoms with Gasteiger partial charge in [-0.05, 0) is 24.6 Å². The average Bonchev–Trinajstić information content (AvgIpc) is 2.82. The Balaban J connectivity index is 2.49. The third-order valence-electron chi connectivity index (χ3n) is 3.22. The molecule has 0 N–H and O–H groups in total. The largest absolute Gasteiger partial charge is 0.496 e. The van der Waals surface area contributed by atoms with Gasteiger partial charge in [-0.25, -0.2) is 0 Å². The van der Waals surface area contributed by atoms with E-state index in [4.69, 9.17) is 25.8 Å². The summed E-state index contributed by atoms with van der Waals surface area (Å²) >= 11 is 6.22. The van der Waals surface area contributed by atoms with Crippen LogP contribution in [0.2, 0.25) is 5.02 Å². The zero-order valence-corrected chi connectivity index (χ0v) is 11.8. The van der Waals surface area contributed by atoms with Crippen molar-refractivity contribution in [2.24, 2.45) is 0 Å². The smallest absolute Gasteiger partial charge is 0.198 e. The van der Waals surface area contributed by atoms with Gasteiger partial charge in [0.1, 0.15) is 5.75 Å². The fraction of sp³-hybridized carbons (Fsp3) is 0.571. The van der Waals surface area contributed by atoms with Gasteiger partial charge >= 0.3 is 0 Å². The van der Waals surface area contributed by atoms with Crippen LogP contribution in [-0.4, -0.2) is 20.3 Å². The molecule has 0 aromatic heterocycles. The van der Waals surface area contributed by atoms with Gasteiger partial charge in [-0.15, -0.1) is 0 Å². The molecule has 0 spiro atoms. The van der Waals surface area contributed by atoms with Gasteiger partial charge in [0.15, 0.2) is 5.79 Å². The topological polar surface area (TPSA) is 27.7 Å². The summed E-state index contributed by atoms with van der Waals surface area (Å²) in [7, 11) is 1.65. The van der Waals surface area contributed by atoms with Gasteiger partial charge in [0, 0.05) is 11.4 Å². The number of hydrogen-bond donors (Lipinski definition) is 0. The first kappa shape index (κ1) is 13.7. The highest BCUT2D eigenvalue weighted by Gasteiger charge is 2.40. The van der Waals surface area contributed by atoms with Crippen LogP contribution in [0.25, 0.3) is 0 Å². The normalized spacial score (nSPS) is 18.0. The second-order valence-electron chi connectivity index (χ2n) is 4.50. The van der Waals surface area contributed by atoms with Crippen molar-refractivity contribution < 1.29 is 14.2 Å². The minimum absolute atomic E-state index is 0.606. The molecule has 3 nitrogen and oxygen atoms in total. The summed E-state index contributed by atoms with van der Waals surface area (Å²) in [6, 6.07) is 3.83. The maximum atomic E-state index is 6.22. The molecule has 0 aliphatic carbocycles. The minimum Gasteiger partial charge on any atom is -0.496 e. The van der Waals surface area contributed by atoms with Crippen LogP contribution >= 0.6 is 11.6 Å². The summed E-state index contributed by atoms with van der Waals surface area (Å²) in [5.74, 6) is 0.0736. The number of aryl methyl sites for hydroxylation is 1. The lowest BCUT2D eigenvalue weighted by molar-refractivity contribution is -0.171. The van der Waals surface area contributed by atoms with Crippen molar-refractivity contribution in [1.29, 1.82) is 0 Å². The average molecular weight is 271 g/mol. The Labute approximate surface area is 113 Å². The number of ether oxygens (including phenoxy) is 3. The molecule has 1 aliphatic rings. The molecule has 100 valence electrons. The lowest BCUT2D eigenvalue weighted by atomic mass is 9.98. The van der Waals surface area contributed by atoms with E-state index in [-0.39, 0.29) is 0 Å². The van der Waals surface area contributed by atoms with E-state index in [1.54, 1.807) is 7.11 Å². The van der Waals surface area contributed by atoms with E-state index in [9.17, 15) is 0 Å². The monoisotopic (exact) mass is 270 g/mol.